The van der Waals surface area contributed by atoms with Crippen LogP contribution in [0.4, 0.5) is 0 Å². The van der Waals surface area contributed by atoms with Crippen molar-refractivity contribution in [2.75, 3.05) is 6.61 Å². The topological polar surface area (TPSA) is 81.5 Å². The molecule has 4 bridgehead atoms. The van der Waals surface area contributed by atoms with Crippen LogP contribution >= 0.6 is 0 Å². The molecule has 7 heteroatoms. The number of hydrogen-bond acceptors (Lipinski definition) is 6. The van der Waals surface area contributed by atoms with E-state index < -0.39 is 5.97 Å². The first-order valence-electron chi connectivity index (χ1n) is 14.5. The molecule has 6 rings (SSSR count). The number of piperidine rings is 1. The van der Waals surface area contributed by atoms with Gasteiger partial charge in [0.2, 0.25) is 0 Å². The normalized spacial score (nSPS) is 31.4. The van der Waals surface area contributed by atoms with Gasteiger partial charge in [0.15, 0.2) is 11.5 Å². The Labute approximate surface area is 218 Å². The van der Waals surface area contributed by atoms with Gasteiger partial charge < -0.3 is 9.30 Å². The number of esters is 1. The third-order valence-corrected chi connectivity index (χ3v) is 9.57. The molecule has 198 valence electrons. The van der Waals surface area contributed by atoms with Gasteiger partial charge >= 0.3 is 5.97 Å². The van der Waals surface area contributed by atoms with Crippen LogP contribution in [0.15, 0.2) is 29.1 Å². The highest BCUT2D eigenvalue weighted by Crippen LogP contribution is 2.48. The summed E-state index contributed by atoms with van der Waals surface area (Å²) in [4.78, 5) is 46.0. The second-order valence-electron chi connectivity index (χ2n) is 11.8. The van der Waals surface area contributed by atoms with Gasteiger partial charge in [0.25, 0.3) is 5.56 Å². The standard InChI is InChI=1S/C30H39N3O4/c1-2-37-28(35)13-12-27(34)29-30(36)33(26-9-4-3-8-25(26)31-29)24-17-21-10-11-22(18-24)32(21)23-15-19-6-5-7-20(14-19)16-23/h3-4,8-9,19-24H,2,5-7,10-18H2,1H3/t19-,20-,21-,22-/m1/s1. The van der Waals surface area contributed by atoms with Gasteiger partial charge in [-0.15, -0.1) is 0 Å². The zero-order valence-electron chi connectivity index (χ0n) is 21.9. The van der Waals surface area contributed by atoms with Gasteiger partial charge in [-0.2, -0.15) is 0 Å². The van der Waals surface area contributed by atoms with Crippen molar-refractivity contribution in [2.45, 2.75) is 108 Å². The molecule has 0 spiro atoms. The number of carbonyl (C=O) groups excluding carboxylic acids is 2. The van der Waals surface area contributed by atoms with Crippen LogP contribution in [0.3, 0.4) is 0 Å². The lowest BCUT2D eigenvalue weighted by atomic mass is 9.69. The van der Waals surface area contributed by atoms with Crippen LogP contribution < -0.4 is 5.56 Å². The van der Waals surface area contributed by atoms with E-state index >= 15 is 0 Å². The van der Waals surface area contributed by atoms with Crippen molar-refractivity contribution in [3.05, 3.63) is 40.3 Å². The van der Waals surface area contributed by atoms with Crippen LogP contribution in [0.25, 0.3) is 11.0 Å². The Morgan fingerprint density at radius 1 is 0.892 bits per heavy atom. The van der Waals surface area contributed by atoms with Crippen LogP contribution in [0, 0.1) is 11.8 Å². The van der Waals surface area contributed by atoms with Crippen molar-refractivity contribution in [3.8, 4) is 0 Å². The molecule has 3 heterocycles. The van der Waals surface area contributed by atoms with E-state index in [-0.39, 0.29) is 42.5 Å². The van der Waals surface area contributed by atoms with E-state index in [2.05, 4.69) is 9.88 Å². The fraction of sp³-hybridized carbons (Fsp3) is 0.667. The van der Waals surface area contributed by atoms with Crippen molar-refractivity contribution in [3.63, 3.8) is 0 Å². The Bertz CT molecular complexity index is 1210. The summed E-state index contributed by atoms with van der Waals surface area (Å²) in [5.41, 5.74) is 1.12. The van der Waals surface area contributed by atoms with Crippen LogP contribution in [0.1, 0.15) is 101 Å². The summed E-state index contributed by atoms with van der Waals surface area (Å²) in [5.74, 6) is 1.01. The van der Waals surface area contributed by atoms with Crippen LogP contribution in [0.5, 0.6) is 0 Å². The average molecular weight is 506 g/mol. The number of ketones is 1. The Morgan fingerprint density at radius 2 is 1.59 bits per heavy atom. The monoisotopic (exact) mass is 505 g/mol. The molecule has 2 aromatic rings. The third kappa shape index (κ3) is 4.75. The van der Waals surface area contributed by atoms with Crippen LogP contribution in [0.2, 0.25) is 0 Å². The molecule has 0 radical (unpaired) electrons. The third-order valence-electron chi connectivity index (χ3n) is 9.57. The first-order valence-corrected chi connectivity index (χ1v) is 14.5. The van der Waals surface area contributed by atoms with E-state index in [9.17, 15) is 14.4 Å². The number of fused-ring (bicyclic) bond motifs is 5. The molecule has 2 saturated carbocycles. The summed E-state index contributed by atoms with van der Waals surface area (Å²) in [5, 5.41) is 0. The Morgan fingerprint density at radius 3 is 2.30 bits per heavy atom. The Kier molecular flexibility index (Phi) is 6.91. The number of hydrogen-bond donors (Lipinski definition) is 0. The number of aromatic nitrogens is 2. The van der Waals surface area contributed by atoms with Gasteiger partial charge in [-0.25, -0.2) is 4.98 Å². The number of para-hydroxylation sites is 2. The van der Waals surface area contributed by atoms with Crippen molar-refractivity contribution in [2.24, 2.45) is 11.8 Å². The highest BCUT2D eigenvalue weighted by molar-refractivity contribution is 5.97. The largest absolute Gasteiger partial charge is 0.466 e. The van der Waals surface area contributed by atoms with Crippen molar-refractivity contribution in [1.29, 1.82) is 0 Å². The number of carbonyl (C=O) groups is 2. The van der Waals surface area contributed by atoms with E-state index in [1.54, 1.807) is 6.92 Å². The minimum absolute atomic E-state index is 0.0352. The molecular formula is C30H39N3O4. The highest BCUT2D eigenvalue weighted by Gasteiger charge is 2.47. The summed E-state index contributed by atoms with van der Waals surface area (Å²) in [6, 6.07) is 9.44. The molecular weight excluding hydrogens is 466 g/mol. The number of rotatable bonds is 7. The maximum atomic E-state index is 13.8. The van der Waals surface area contributed by atoms with E-state index in [1.807, 2.05) is 28.8 Å². The number of Topliss-reactive ketones (excluding diaryl/α,β-unsaturated/α-hetero) is 1. The molecule has 4 aliphatic rings. The Hall–Kier alpha value is -2.54. The van der Waals surface area contributed by atoms with Crippen molar-refractivity contribution < 1.29 is 14.3 Å². The second-order valence-corrected chi connectivity index (χ2v) is 11.8. The van der Waals surface area contributed by atoms with Gasteiger partial charge in [0.05, 0.1) is 24.1 Å². The lowest BCUT2D eigenvalue weighted by Gasteiger charge is -2.49. The molecule has 4 atom stereocenters. The molecule has 7 nitrogen and oxygen atoms in total. The summed E-state index contributed by atoms with van der Waals surface area (Å²) in [6.45, 7) is 2.01. The minimum atomic E-state index is -0.423. The molecule has 1 aromatic carbocycles. The zero-order valence-corrected chi connectivity index (χ0v) is 21.9. The number of benzene rings is 1. The highest BCUT2D eigenvalue weighted by atomic mass is 16.5. The van der Waals surface area contributed by atoms with Gasteiger partial charge in [-0.1, -0.05) is 31.4 Å². The van der Waals surface area contributed by atoms with Gasteiger partial charge in [-0.05, 0) is 75.8 Å². The second kappa shape index (κ2) is 10.3. The number of ether oxygens (including phenoxy) is 1. The first kappa shape index (κ1) is 24.8. The van der Waals surface area contributed by atoms with E-state index in [1.165, 1.54) is 51.4 Å². The molecule has 0 unspecified atom stereocenters. The van der Waals surface area contributed by atoms with E-state index in [4.69, 9.17) is 4.74 Å². The van der Waals surface area contributed by atoms with Gasteiger partial charge in [-0.3, -0.25) is 19.3 Å². The molecule has 37 heavy (non-hydrogen) atoms. The van der Waals surface area contributed by atoms with Gasteiger partial charge in [0.1, 0.15) is 0 Å². The van der Waals surface area contributed by atoms with E-state index in [0.29, 0.717) is 23.6 Å². The predicted molar refractivity (Wildman–Crippen MR) is 142 cm³/mol. The number of nitrogens with zero attached hydrogens (tertiary/aromatic N) is 3. The Balaban J connectivity index is 1.27. The minimum Gasteiger partial charge on any atom is -0.466 e. The van der Waals surface area contributed by atoms with Gasteiger partial charge in [0, 0.05) is 30.6 Å². The summed E-state index contributed by atoms with van der Waals surface area (Å²) >= 11 is 0. The van der Waals surface area contributed by atoms with Crippen LogP contribution in [-0.4, -0.2) is 50.9 Å². The van der Waals surface area contributed by atoms with Crippen molar-refractivity contribution in [1.82, 2.24) is 14.5 Å². The molecule has 1 aromatic heterocycles. The molecule has 0 N–H and O–H groups in total. The van der Waals surface area contributed by atoms with Crippen LogP contribution in [-0.2, 0) is 9.53 Å². The van der Waals surface area contributed by atoms with E-state index in [0.717, 1.165) is 30.2 Å². The lowest BCUT2D eigenvalue weighted by molar-refractivity contribution is -0.143. The SMILES string of the molecule is CCOC(=O)CCC(=O)c1nc2ccccc2n(C2C[C@H]3CC[C@H](C2)N3C2C[C@@H]3CCC[C@@H](C2)C3)c1=O. The fourth-order valence-electron chi connectivity index (χ4n) is 8.20. The quantitative estimate of drug-likeness (QED) is 0.387. The molecule has 2 aliphatic carbocycles. The maximum Gasteiger partial charge on any atom is 0.306 e. The molecule has 0 amide bonds. The molecule has 2 saturated heterocycles. The fourth-order valence-corrected chi connectivity index (χ4v) is 8.20. The summed E-state index contributed by atoms with van der Waals surface area (Å²) < 4.78 is 6.84. The summed E-state index contributed by atoms with van der Waals surface area (Å²) in [7, 11) is 0. The maximum absolute atomic E-state index is 13.8. The average Bonchev–Trinajstić information content (AvgIpc) is 3.16. The first-order chi connectivity index (χ1) is 18.0. The molecule has 2 aliphatic heterocycles. The van der Waals surface area contributed by atoms with Crippen molar-refractivity contribution >= 4 is 22.8 Å². The smallest absolute Gasteiger partial charge is 0.306 e. The zero-order chi connectivity index (χ0) is 25.5. The molecule has 4 fully saturated rings. The lowest BCUT2D eigenvalue weighted by Crippen LogP contribution is -2.52. The predicted octanol–water partition coefficient (Wildman–Crippen LogP) is 5.06. The summed E-state index contributed by atoms with van der Waals surface area (Å²) in [6.07, 6.45) is 12.6.